The van der Waals surface area contributed by atoms with E-state index >= 15 is 0 Å². The fraction of sp³-hybridized carbons (Fsp3) is 0.270. The quantitative estimate of drug-likeness (QED) is 0.0622. The third-order valence-corrected chi connectivity index (χ3v) is 16.2. The van der Waals surface area contributed by atoms with Gasteiger partial charge in [-0.15, -0.1) is 0 Å². The first kappa shape index (κ1) is 50.6. The van der Waals surface area contributed by atoms with E-state index in [2.05, 4.69) is 10.6 Å². The Balaban J connectivity index is 0.000000164. The van der Waals surface area contributed by atoms with Gasteiger partial charge < -0.3 is 29.3 Å². The van der Waals surface area contributed by atoms with Gasteiger partial charge in [0.1, 0.15) is 34.3 Å². The molecule has 77 heavy (non-hydrogen) atoms. The van der Waals surface area contributed by atoms with Gasteiger partial charge in [0.15, 0.2) is 11.6 Å². The van der Waals surface area contributed by atoms with Gasteiger partial charge in [-0.3, -0.25) is 28.8 Å². The van der Waals surface area contributed by atoms with Crippen LogP contribution in [0.3, 0.4) is 0 Å². The van der Waals surface area contributed by atoms with Gasteiger partial charge in [0, 0.05) is 60.0 Å². The Bertz CT molecular complexity index is 3710. The van der Waals surface area contributed by atoms with Gasteiger partial charge in [-0.2, -0.15) is 0 Å². The van der Waals surface area contributed by atoms with Crippen molar-refractivity contribution in [2.75, 3.05) is 21.2 Å². The molecule has 8 aromatic rings. The fourth-order valence-electron chi connectivity index (χ4n) is 12.3. The van der Waals surface area contributed by atoms with Crippen molar-refractivity contribution >= 4 is 57.3 Å². The standard InChI is InChI=1S/C32H28FNO5.C31H26FNO5/c1-34-31(37)29-25-13-24(20-4-3-5-21(10-20)26(35)17-32-14-18(15-32)16-32)22(12-28(36)38-2)11-27(25)39-30(29)19-6-8-23(33)9-7-19;1-33-30(37)28-24-12-23(19-3-2-4-20(9-19)25(34)16-31-13-17(14-31)15-31)21(11-27(35)36)10-26(24)38-29(28)18-5-7-22(32)8-6-18/h3-11,13,18H,12,14-17H2,1-2H3,(H,34,37);2-10,12,17H,11,13-16H2,1H3,(H,33,37)(H,35,36). The number of ketones is 2. The highest BCUT2D eigenvalue weighted by molar-refractivity contribution is 6.13. The van der Waals surface area contributed by atoms with Crippen molar-refractivity contribution in [2.45, 2.75) is 64.2 Å². The van der Waals surface area contributed by atoms with Gasteiger partial charge in [0.25, 0.3) is 11.8 Å². The second-order valence-corrected chi connectivity index (χ2v) is 21.4. The van der Waals surface area contributed by atoms with E-state index in [0.29, 0.717) is 96.2 Å². The molecule has 4 bridgehead atoms. The SMILES string of the molecule is CNC(=O)c1c(-c2ccc(F)cc2)oc2cc(CC(=O)O)c(-c3cccc(C(=O)CC45CC(C4)C5)c3)cc12.CNC(=O)c1c(-c2ccc(F)cc2)oc2cc(CC(=O)OC)c(-c3cccc(C(=O)CC45CC(C4)C5)c3)cc12. The minimum atomic E-state index is -1.02. The normalized spacial score (nSPS) is 19.3. The monoisotopic (exact) mass is 1040 g/mol. The molecule has 3 N–H and O–H groups in total. The van der Waals surface area contributed by atoms with E-state index in [4.69, 9.17) is 13.6 Å². The van der Waals surface area contributed by atoms with Crippen LogP contribution in [0.2, 0.25) is 0 Å². The number of esters is 1. The molecule has 0 spiro atoms. The number of Topliss-reactive ketones (excluding diaryl/α,β-unsaturated/α-hetero) is 2. The van der Waals surface area contributed by atoms with Crippen molar-refractivity contribution < 1.29 is 56.2 Å². The largest absolute Gasteiger partial charge is 0.481 e. The topological polar surface area (TPSA) is 182 Å². The summed E-state index contributed by atoms with van der Waals surface area (Å²) >= 11 is 0. The second kappa shape index (κ2) is 19.9. The van der Waals surface area contributed by atoms with E-state index < -0.39 is 23.6 Å². The Hall–Kier alpha value is -8.52. The number of carbonyl (C=O) groups excluding carboxylic acids is 5. The lowest BCUT2D eigenvalue weighted by atomic mass is 9.43. The molecular weight excluding hydrogens is 983 g/mol. The summed E-state index contributed by atoms with van der Waals surface area (Å²) in [5.41, 5.74) is 7.90. The van der Waals surface area contributed by atoms with Gasteiger partial charge in [-0.25, -0.2) is 8.78 Å². The maximum Gasteiger partial charge on any atom is 0.310 e. The zero-order valence-corrected chi connectivity index (χ0v) is 42.7. The minimum absolute atomic E-state index is 0.0215. The Morgan fingerprint density at radius 3 is 1.31 bits per heavy atom. The molecule has 0 aliphatic heterocycles. The van der Waals surface area contributed by atoms with Crippen LogP contribution in [-0.2, 0) is 27.2 Å². The Morgan fingerprint density at radius 2 is 0.961 bits per heavy atom. The predicted octanol–water partition coefficient (Wildman–Crippen LogP) is 12.6. The summed E-state index contributed by atoms with van der Waals surface area (Å²) in [7, 11) is 4.37. The number of halogens is 2. The molecule has 2 heterocycles. The highest BCUT2D eigenvalue weighted by Gasteiger charge is 2.57. The molecule has 6 saturated carbocycles. The lowest BCUT2D eigenvalue weighted by molar-refractivity contribution is -0.140. The van der Waals surface area contributed by atoms with Crippen molar-refractivity contribution in [1.82, 2.24) is 10.6 Å². The number of rotatable bonds is 16. The van der Waals surface area contributed by atoms with Crippen molar-refractivity contribution in [2.24, 2.45) is 22.7 Å². The van der Waals surface area contributed by atoms with Gasteiger partial charge in [0.2, 0.25) is 0 Å². The molecule has 0 atom stereocenters. The number of nitrogens with one attached hydrogen (secondary N) is 2. The molecule has 390 valence electrons. The summed E-state index contributed by atoms with van der Waals surface area (Å²) in [6.07, 6.45) is 7.67. The molecular formula is C63H54F2N2O10. The molecule has 6 aliphatic rings. The van der Waals surface area contributed by atoms with Crippen LogP contribution in [0.1, 0.15) is 104 Å². The van der Waals surface area contributed by atoms with Crippen molar-refractivity contribution in [3.63, 3.8) is 0 Å². The summed E-state index contributed by atoms with van der Waals surface area (Å²) < 4.78 is 44.3. The number of furan rings is 2. The summed E-state index contributed by atoms with van der Waals surface area (Å²) in [6, 6.07) is 32.9. The van der Waals surface area contributed by atoms with Gasteiger partial charge in [0.05, 0.1) is 31.1 Å². The molecule has 6 aliphatic carbocycles. The molecule has 6 fully saturated rings. The first-order chi connectivity index (χ1) is 37.0. The van der Waals surface area contributed by atoms with Crippen LogP contribution in [0.15, 0.2) is 130 Å². The van der Waals surface area contributed by atoms with Crippen molar-refractivity contribution in [3.8, 4) is 44.9 Å². The number of ether oxygens (including phenoxy) is 1. The van der Waals surface area contributed by atoms with Crippen molar-refractivity contribution in [1.29, 1.82) is 0 Å². The number of fused-ring (bicyclic) bond motifs is 2. The molecule has 14 rings (SSSR count). The molecule has 0 unspecified atom stereocenters. The molecule has 6 aromatic carbocycles. The Kier molecular flexibility index (Phi) is 13.1. The van der Waals surface area contributed by atoms with Crippen LogP contribution in [0, 0.1) is 34.3 Å². The van der Waals surface area contributed by atoms with Gasteiger partial charge in [-0.05, 0) is 180 Å². The smallest absolute Gasteiger partial charge is 0.310 e. The Labute approximate surface area is 441 Å². The van der Waals surface area contributed by atoms with Crippen LogP contribution in [-0.4, -0.2) is 61.6 Å². The number of amides is 2. The number of hydrogen-bond acceptors (Lipinski definition) is 9. The first-order valence-electron chi connectivity index (χ1n) is 25.7. The Morgan fingerprint density at radius 1 is 0.558 bits per heavy atom. The molecule has 2 amide bonds. The molecule has 2 aromatic heterocycles. The van der Waals surface area contributed by atoms with Crippen molar-refractivity contribution in [3.05, 3.63) is 166 Å². The number of carboxylic acids is 1. The average molecular weight is 1040 g/mol. The third-order valence-electron chi connectivity index (χ3n) is 16.2. The zero-order chi connectivity index (χ0) is 53.9. The number of benzene rings is 6. The van der Waals surface area contributed by atoms with E-state index in [1.165, 1.54) is 57.6 Å². The number of aliphatic carboxylic acids is 1. The van der Waals surface area contributed by atoms with Crippen LogP contribution < -0.4 is 10.6 Å². The predicted molar refractivity (Wildman–Crippen MR) is 285 cm³/mol. The number of methoxy groups -OCH3 is 1. The number of carbonyl (C=O) groups is 6. The lowest BCUT2D eigenvalue weighted by Crippen LogP contribution is -2.52. The lowest BCUT2D eigenvalue weighted by Gasteiger charge is -2.62. The van der Waals surface area contributed by atoms with Crippen LogP contribution in [0.5, 0.6) is 0 Å². The van der Waals surface area contributed by atoms with E-state index in [1.54, 1.807) is 48.5 Å². The second-order valence-electron chi connectivity index (χ2n) is 21.4. The average Bonchev–Trinajstić information content (AvgIpc) is 3.98. The molecule has 14 heteroatoms. The van der Waals surface area contributed by atoms with Crippen LogP contribution in [0.25, 0.3) is 66.8 Å². The fourth-order valence-corrected chi connectivity index (χ4v) is 12.3. The summed E-state index contributed by atoms with van der Waals surface area (Å²) in [4.78, 5) is 76.5. The minimum Gasteiger partial charge on any atom is -0.481 e. The number of hydrogen-bond donors (Lipinski definition) is 3. The third kappa shape index (κ3) is 9.61. The van der Waals surface area contributed by atoms with Crippen LogP contribution in [0.4, 0.5) is 8.78 Å². The van der Waals surface area contributed by atoms with Gasteiger partial charge >= 0.3 is 11.9 Å². The van der Waals surface area contributed by atoms with E-state index in [0.717, 1.165) is 55.9 Å². The van der Waals surface area contributed by atoms with Crippen LogP contribution >= 0.6 is 0 Å². The van der Waals surface area contributed by atoms with E-state index in [-0.39, 0.29) is 58.4 Å². The summed E-state index contributed by atoms with van der Waals surface area (Å²) in [5, 5.41) is 16.0. The maximum absolute atomic E-state index is 13.6. The molecule has 12 nitrogen and oxygen atoms in total. The number of carboxylic acid groups (broad SMARTS) is 1. The van der Waals surface area contributed by atoms with E-state index in [9.17, 15) is 42.7 Å². The molecule has 0 saturated heterocycles. The first-order valence-corrected chi connectivity index (χ1v) is 25.7. The summed E-state index contributed by atoms with van der Waals surface area (Å²) in [5.74, 6) is -0.620. The highest BCUT2D eigenvalue weighted by Crippen LogP contribution is 2.67. The zero-order valence-electron chi connectivity index (χ0n) is 42.7. The van der Waals surface area contributed by atoms with Gasteiger partial charge in [-0.1, -0.05) is 36.4 Å². The maximum atomic E-state index is 13.6. The van der Waals surface area contributed by atoms with E-state index in [1.807, 2.05) is 36.4 Å². The molecule has 0 radical (unpaired) electrons. The summed E-state index contributed by atoms with van der Waals surface area (Å²) in [6.45, 7) is 0. The highest BCUT2D eigenvalue weighted by atomic mass is 19.1.